The summed E-state index contributed by atoms with van der Waals surface area (Å²) in [5.74, 6) is -0.457. The highest BCUT2D eigenvalue weighted by Gasteiger charge is 2.14. The van der Waals surface area contributed by atoms with E-state index in [2.05, 4.69) is 26.6 Å². The summed E-state index contributed by atoms with van der Waals surface area (Å²) in [6, 6.07) is 3.45. The van der Waals surface area contributed by atoms with Crippen LogP contribution < -0.4 is 15.4 Å². The smallest absolute Gasteiger partial charge is 0.325 e. The fourth-order valence-electron chi connectivity index (χ4n) is 1.17. The Hall–Kier alpha value is -1.76. The van der Waals surface area contributed by atoms with Crippen LogP contribution in [-0.4, -0.2) is 30.3 Å². The molecule has 2 amide bonds. The van der Waals surface area contributed by atoms with E-state index in [4.69, 9.17) is 9.84 Å². The second-order valence-corrected chi connectivity index (χ2v) is 4.36. The molecule has 0 heterocycles. The number of carboxylic acid groups (broad SMARTS) is 1. The van der Waals surface area contributed by atoms with Gasteiger partial charge >= 0.3 is 12.0 Å². The maximum atomic E-state index is 11.5. The third-order valence-corrected chi connectivity index (χ3v) is 2.75. The van der Waals surface area contributed by atoms with Gasteiger partial charge in [-0.3, -0.25) is 4.79 Å². The van der Waals surface area contributed by atoms with E-state index >= 15 is 0 Å². The molecule has 3 N–H and O–H groups in total. The van der Waals surface area contributed by atoms with E-state index in [0.717, 1.165) is 0 Å². The Balaban J connectivity index is 2.65. The molecule has 0 aliphatic rings. The van der Waals surface area contributed by atoms with Crippen LogP contribution in [0.2, 0.25) is 0 Å². The van der Waals surface area contributed by atoms with E-state index in [1.165, 1.54) is 14.0 Å². The number of nitrogens with one attached hydrogen (secondary N) is 2. The Morgan fingerprint density at radius 3 is 2.61 bits per heavy atom. The number of benzene rings is 1. The number of carboxylic acids is 1. The number of carbonyl (C=O) groups excluding carboxylic acids is 1. The molecular formula is C11H13BrN2O4. The van der Waals surface area contributed by atoms with Crippen LogP contribution >= 0.6 is 15.9 Å². The number of rotatable bonds is 4. The molecular weight excluding hydrogens is 304 g/mol. The van der Waals surface area contributed by atoms with Gasteiger partial charge in [0.05, 0.1) is 11.6 Å². The van der Waals surface area contributed by atoms with Crippen LogP contribution in [0.4, 0.5) is 10.5 Å². The number of carbonyl (C=O) groups is 2. The quantitative estimate of drug-likeness (QED) is 0.793. The number of ether oxygens (including phenoxy) is 1. The van der Waals surface area contributed by atoms with Gasteiger partial charge in [0.15, 0.2) is 0 Å². The van der Waals surface area contributed by atoms with Crippen LogP contribution in [0.3, 0.4) is 0 Å². The summed E-state index contributed by atoms with van der Waals surface area (Å²) in [7, 11) is 1.54. The minimum absolute atomic E-state index is 0.526. The summed E-state index contributed by atoms with van der Waals surface area (Å²) < 4.78 is 5.74. The molecule has 0 saturated heterocycles. The van der Waals surface area contributed by atoms with Crippen LogP contribution in [0.25, 0.3) is 0 Å². The minimum atomic E-state index is -1.10. The van der Waals surface area contributed by atoms with Crippen molar-refractivity contribution >= 4 is 33.6 Å². The predicted octanol–water partition coefficient (Wildman–Crippen LogP) is 2.05. The topological polar surface area (TPSA) is 87.7 Å². The van der Waals surface area contributed by atoms with Crippen molar-refractivity contribution in [1.29, 1.82) is 0 Å². The van der Waals surface area contributed by atoms with Gasteiger partial charge in [-0.2, -0.15) is 0 Å². The van der Waals surface area contributed by atoms with Crippen molar-refractivity contribution in [2.24, 2.45) is 0 Å². The molecule has 0 radical (unpaired) electrons. The molecule has 1 atom stereocenters. The third kappa shape index (κ3) is 3.92. The molecule has 0 bridgehead atoms. The first kappa shape index (κ1) is 14.3. The first-order chi connectivity index (χ1) is 8.43. The number of aliphatic carboxylic acids is 1. The molecule has 7 heteroatoms. The Labute approximate surface area is 112 Å². The lowest BCUT2D eigenvalue weighted by atomic mass is 10.3. The average Bonchev–Trinajstić information content (AvgIpc) is 2.28. The molecule has 98 valence electrons. The summed E-state index contributed by atoms with van der Waals surface area (Å²) in [4.78, 5) is 22.0. The second kappa shape index (κ2) is 6.25. The van der Waals surface area contributed by atoms with Gasteiger partial charge in [0, 0.05) is 5.69 Å². The number of urea groups is 1. The van der Waals surface area contributed by atoms with Crippen LogP contribution in [-0.2, 0) is 4.79 Å². The second-order valence-electron chi connectivity index (χ2n) is 3.51. The summed E-state index contributed by atoms with van der Waals surface area (Å²) in [5, 5.41) is 13.4. The predicted molar refractivity (Wildman–Crippen MR) is 69.9 cm³/mol. The lowest BCUT2D eigenvalue weighted by Crippen LogP contribution is -2.40. The zero-order valence-electron chi connectivity index (χ0n) is 9.86. The number of halogens is 1. The number of methoxy groups -OCH3 is 1. The summed E-state index contributed by atoms with van der Waals surface area (Å²) in [5.41, 5.74) is 0.526. The zero-order chi connectivity index (χ0) is 13.7. The van der Waals surface area contributed by atoms with Gasteiger partial charge in [-0.1, -0.05) is 0 Å². The molecule has 0 aliphatic carbocycles. The van der Waals surface area contributed by atoms with Crippen molar-refractivity contribution in [3.8, 4) is 5.75 Å². The van der Waals surface area contributed by atoms with Gasteiger partial charge in [0.25, 0.3) is 0 Å². The zero-order valence-corrected chi connectivity index (χ0v) is 11.4. The lowest BCUT2D eigenvalue weighted by molar-refractivity contribution is -0.138. The maximum Gasteiger partial charge on any atom is 0.325 e. The van der Waals surface area contributed by atoms with Gasteiger partial charge in [-0.15, -0.1) is 0 Å². The van der Waals surface area contributed by atoms with Crippen LogP contribution in [0.15, 0.2) is 22.7 Å². The van der Waals surface area contributed by atoms with E-state index in [-0.39, 0.29) is 0 Å². The molecule has 0 aromatic heterocycles. The average molecular weight is 317 g/mol. The third-order valence-electron chi connectivity index (χ3n) is 2.13. The van der Waals surface area contributed by atoms with Gasteiger partial charge in [0.1, 0.15) is 11.8 Å². The Kier molecular flexibility index (Phi) is 4.96. The maximum absolute atomic E-state index is 11.5. The van der Waals surface area contributed by atoms with Gasteiger partial charge in [-0.25, -0.2) is 4.79 Å². The van der Waals surface area contributed by atoms with E-state index < -0.39 is 18.0 Å². The SMILES string of the molecule is COc1ccc(NC(=O)N[C@@H](C)C(=O)O)cc1Br. The number of amides is 2. The first-order valence-corrected chi connectivity index (χ1v) is 5.87. The molecule has 1 aromatic carbocycles. The monoisotopic (exact) mass is 316 g/mol. The van der Waals surface area contributed by atoms with Crippen molar-refractivity contribution < 1.29 is 19.4 Å². The summed E-state index contributed by atoms with van der Waals surface area (Å²) in [6.45, 7) is 1.38. The molecule has 0 aliphatic heterocycles. The van der Waals surface area contributed by atoms with Crippen molar-refractivity contribution in [2.45, 2.75) is 13.0 Å². The van der Waals surface area contributed by atoms with Gasteiger partial charge in [0.2, 0.25) is 0 Å². The van der Waals surface area contributed by atoms with Crippen LogP contribution in [0, 0.1) is 0 Å². The minimum Gasteiger partial charge on any atom is -0.496 e. The summed E-state index contributed by atoms with van der Waals surface area (Å²) >= 11 is 3.28. The highest BCUT2D eigenvalue weighted by molar-refractivity contribution is 9.10. The fraction of sp³-hybridized carbons (Fsp3) is 0.273. The molecule has 1 aromatic rings. The molecule has 0 saturated carbocycles. The Morgan fingerprint density at radius 2 is 2.11 bits per heavy atom. The number of hydrogen-bond donors (Lipinski definition) is 3. The normalized spacial score (nSPS) is 11.5. The fourth-order valence-corrected chi connectivity index (χ4v) is 1.71. The number of hydrogen-bond acceptors (Lipinski definition) is 3. The number of anilines is 1. The van der Waals surface area contributed by atoms with Crippen LogP contribution in [0.5, 0.6) is 5.75 Å². The molecule has 1 rings (SSSR count). The van der Waals surface area contributed by atoms with E-state index in [0.29, 0.717) is 15.9 Å². The first-order valence-electron chi connectivity index (χ1n) is 5.08. The molecule has 18 heavy (non-hydrogen) atoms. The van der Waals surface area contributed by atoms with Crippen molar-refractivity contribution in [1.82, 2.24) is 5.32 Å². The molecule has 0 unspecified atom stereocenters. The molecule has 0 spiro atoms. The van der Waals surface area contributed by atoms with Crippen molar-refractivity contribution in [3.05, 3.63) is 22.7 Å². The molecule has 6 nitrogen and oxygen atoms in total. The van der Waals surface area contributed by atoms with Gasteiger partial charge < -0.3 is 20.5 Å². The van der Waals surface area contributed by atoms with Crippen molar-refractivity contribution in [2.75, 3.05) is 12.4 Å². The standard InChI is InChI=1S/C11H13BrN2O4/c1-6(10(15)16)13-11(17)14-7-3-4-9(18-2)8(12)5-7/h3-6H,1-2H3,(H,15,16)(H2,13,14,17)/t6-/m0/s1. The van der Waals surface area contributed by atoms with Gasteiger partial charge in [-0.05, 0) is 41.1 Å². The van der Waals surface area contributed by atoms with E-state index in [9.17, 15) is 9.59 Å². The van der Waals surface area contributed by atoms with Crippen molar-refractivity contribution in [3.63, 3.8) is 0 Å². The highest BCUT2D eigenvalue weighted by Crippen LogP contribution is 2.27. The molecule has 0 fully saturated rings. The lowest BCUT2D eigenvalue weighted by Gasteiger charge is -2.11. The highest BCUT2D eigenvalue weighted by atomic mass is 79.9. The Morgan fingerprint density at radius 1 is 1.44 bits per heavy atom. The largest absolute Gasteiger partial charge is 0.496 e. The van der Waals surface area contributed by atoms with Crippen LogP contribution in [0.1, 0.15) is 6.92 Å². The Bertz CT molecular complexity index is 464. The van der Waals surface area contributed by atoms with E-state index in [1.807, 2.05) is 0 Å². The van der Waals surface area contributed by atoms with E-state index in [1.54, 1.807) is 18.2 Å². The summed E-state index contributed by atoms with van der Waals surface area (Å²) in [6.07, 6.45) is 0.